The number of hydrogen-bond donors (Lipinski definition) is 0. The molecule has 0 bridgehead atoms. The summed E-state index contributed by atoms with van der Waals surface area (Å²) >= 11 is 0. The fraction of sp³-hybridized carbons (Fsp3) is 0.200. The fourth-order valence-corrected chi connectivity index (χ4v) is 1.59. The van der Waals surface area contributed by atoms with Crippen molar-refractivity contribution in [3.05, 3.63) is 59.7 Å². The molecule has 0 atom stereocenters. The largest absolute Gasteiger partial charge is 0.289 e. The molecule has 0 aliphatic rings. The summed E-state index contributed by atoms with van der Waals surface area (Å²) in [7, 11) is 1.61. The number of hydrogen-bond acceptors (Lipinski definition) is 2. The molecule has 0 saturated carbocycles. The van der Waals surface area contributed by atoms with Crippen molar-refractivity contribution in [2.24, 2.45) is 5.11 Å². The first-order valence-corrected chi connectivity index (χ1v) is 5.88. The van der Waals surface area contributed by atoms with Gasteiger partial charge in [-0.2, -0.15) is 0 Å². The van der Waals surface area contributed by atoms with Crippen LogP contribution in [-0.2, 0) is 4.84 Å². The zero-order valence-corrected chi connectivity index (χ0v) is 10.9. The molecule has 0 aliphatic heterocycles. The van der Waals surface area contributed by atoms with Crippen LogP contribution in [0.4, 0.5) is 11.4 Å². The molecule has 0 spiro atoms. The summed E-state index contributed by atoms with van der Waals surface area (Å²) in [5.74, 6) is 0. The summed E-state index contributed by atoms with van der Waals surface area (Å²) in [4.78, 5) is 6.80. The second-order valence-electron chi connectivity index (χ2n) is 4.23. The lowest BCUT2D eigenvalue weighted by atomic mass is 10.2. The van der Waals surface area contributed by atoms with Crippen molar-refractivity contribution < 1.29 is 9.70 Å². The maximum absolute atomic E-state index is 5.28. The second kappa shape index (κ2) is 5.45. The number of benzene rings is 2. The van der Waals surface area contributed by atoms with Crippen molar-refractivity contribution >= 4 is 11.4 Å². The van der Waals surface area contributed by atoms with E-state index in [4.69, 9.17) is 4.84 Å². The van der Waals surface area contributed by atoms with Crippen molar-refractivity contribution in [2.75, 3.05) is 7.11 Å². The highest BCUT2D eigenvalue weighted by molar-refractivity contribution is 5.38. The minimum atomic E-state index is 0.864. The number of rotatable bonds is 3. The Labute approximate surface area is 107 Å². The highest BCUT2D eigenvalue weighted by Gasteiger charge is 2.12. The molecule has 18 heavy (non-hydrogen) atoms. The Morgan fingerprint density at radius 1 is 0.833 bits per heavy atom. The van der Waals surface area contributed by atoms with Crippen molar-refractivity contribution in [3.8, 4) is 0 Å². The van der Waals surface area contributed by atoms with Crippen LogP contribution in [0.1, 0.15) is 11.1 Å². The average Bonchev–Trinajstić information content (AvgIpc) is 2.39. The van der Waals surface area contributed by atoms with E-state index in [-0.39, 0.29) is 0 Å². The van der Waals surface area contributed by atoms with Crippen LogP contribution in [0.3, 0.4) is 0 Å². The number of azo groups is 1. The second-order valence-corrected chi connectivity index (χ2v) is 4.23. The SMILES string of the molecule is CO[N+](=Nc1ccc(C)cc1)c1ccc(C)cc1. The first kappa shape index (κ1) is 12.3. The molecule has 0 radical (unpaired) electrons. The molecule has 0 amide bonds. The summed E-state index contributed by atoms with van der Waals surface area (Å²) in [5.41, 5.74) is 4.20. The van der Waals surface area contributed by atoms with E-state index in [9.17, 15) is 0 Å². The zero-order valence-electron chi connectivity index (χ0n) is 10.9. The minimum Gasteiger partial charge on any atom is -0.248 e. The van der Waals surface area contributed by atoms with E-state index in [0.717, 1.165) is 11.4 Å². The smallest absolute Gasteiger partial charge is 0.248 e. The average molecular weight is 241 g/mol. The van der Waals surface area contributed by atoms with Crippen LogP contribution in [0, 0.1) is 13.8 Å². The van der Waals surface area contributed by atoms with Gasteiger partial charge in [0.15, 0.2) is 7.11 Å². The summed E-state index contributed by atoms with van der Waals surface area (Å²) in [6.07, 6.45) is 0. The monoisotopic (exact) mass is 241 g/mol. The zero-order chi connectivity index (χ0) is 13.0. The van der Waals surface area contributed by atoms with Gasteiger partial charge in [-0.15, -0.1) is 0 Å². The summed E-state index contributed by atoms with van der Waals surface area (Å²) in [6, 6.07) is 16.0. The van der Waals surface area contributed by atoms with Gasteiger partial charge in [-0.05, 0) is 26.0 Å². The van der Waals surface area contributed by atoms with Gasteiger partial charge in [-0.3, -0.25) is 0 Å². The fourth-order valence-electron chi connectivity index (χ4n) is 1.59. The molecule has 0 aliphatic carbocycles. The lowest BCUT2D eigenvalue weighted by Crippen LogP contribution is -1.99. The molecular formula is C15H17N2O+. The Morgan fingerprint density at radius 3 is 1.83 bits per heavy atom. The maximum atomic E-state index is 5.28. The lowest BCUT2D eigenvalue weighted by molar-refractivity contribution is -0.767. The van der Waals surface area contributed by atoms with Gasteiger partial charge < -0.3 is 0 Å². The molecule has 2 aromatic carbocycles. The quantitative estimate of drug-likeness (QED) is 0.447. The van der Waals surface area contributed by atoms with E-state index in [2.05, 4.69) is 19.0 Å². The molecule has 92 valence electrons. The summed E-state index contributed by atoms with van der Waals surface area (Å²) in [6.45, 7) is 4.11. The maximum Gasteiger partial charge on any atom is 0.289 e. The van der Waals surface area contributed by atoms with Gasteiger partial charge >= 0.3 is 0 Å². The first-order chi connectivity index (χ1) is 8.69. The summed E-state index contributed by atoms with van der Waals surface area (Å²) < 4.78 is 0. The molecule has 0 unspecified atom stereocenters. The normalized spacial score (nSPS) is 11.4. The van der Waals surface area contributed by atoms with Gasteiger partial charge in [0.1, 0.15) is 10.5 Å². The van der Waals surface area contributed by atoms with E-state index < -0.39 is 0 Å². The molecule has 0 aromatic heterocycles. The lowest BCUT2D eigenvalue weighted by Gasteiger charge is -1.97. The molecule has 2 rings (SSSR count). The van der Waals surface area contributed by atoms with Crippen molar-refractivity contribution in [2.45, 2.75) is 13.8 Å². The Morgan fingerprint density at radius 2 is 1.33 bits per heavy atom. The number of aryl methyl sites for hydroxylation is 2. The van der Waals surface area contributed by atoms with Gasteiger partial charge in [-0.1, -0.05) is 35.4 Å². The van der Waals surface area contributed by atoms with Gasteiger partial charge in [-0.25, -0.2) is 4.84 Å². The molecule has 3 heteroatoms. The van der Waals surface area contributed by atoms with Gasteiger partial charge in [0.2, 0.25) is 0 Å². The highest BCUT2D eigenvalue weighted by Crippen LogP contribution is 2.19. The van der Waals surface area contributed by atoms with E-state index in [0.29, 0.717) is 0 Å². The van der Waals surface area contributed by atoms with Crippen LogP contribution in [0.5, 0.6) is 0 Å². The third-order valence-electron chi connectivity index (χ3n) is 2.67. The van der Waals surface area contributed by atoms with Crippen LogP contribution in [0.2, 0.25) is 0 Å². The Hall–Kier alpha value is -2.16. The van der Waals surface area contributed by atoms with Gasteiger partial charge in [0.05, 0.1) is 5.11 Å². The molecule has 0 N–H and O–H groups in total. The van der Waals surface area contributed by atoms with Gasteiger partial charge in [0.25, 0.3) is 5.69 Å². The third-order valence-corrected chi connectivity index (χ3v) is 2.67. The Balaban J connectivity index is 2.33. The Kier molecular flexibility index (Phi) is 3.72. The molecule has 3 nitrogen and oxygen atoms in total. The van der Waals surface area contributed by atoms with Crippen LogP contribution in [0.15, 0.2) is 53.6 Å². The van der Waals surface area contributed by atoms with Crippen LogP contribution < -0.4 is 0 Å². The molecule has 0 fully saturated rings. The predicted molar refractivity (Wildman–Crippen MR) is 71.4 cm³/mol. The first-order valence-electron chi connectivity index (χ1n) is 5.88. The van der Waals surface area contributed by atoms with Crippen LogP contribution in [-0.4, -0.2) is 12.0 Å². The van der Waals surface area contributed by atoms with E-state index >= 15 is 0 Å². The van der Waals surface area contributed by atoms with Crippen LogP contribution >= 0.6 is 0 Å². The van der Waals surface area contributed by atoms with E-state index in [1.165, 1.54) is 16.0 Å². The van der Waals surface area contributed by atoms with E-state index in [1.807, 2.05) is 48.5 Å². The van der Waals surface area contributed by atoms with Gasteiger partial charge in [0, 0.05) is 12.1 Å². The predicted octanol–water partition coefficient (Wildman–Crippen LogP) is 4.29. The minimum absolute atomic E-state index is 0.864. The number of nitrogens with zero attached hydrogens (tertiary/aromatic N) is 2. The van der Waals surface area contributed by atoms with Crippen LogP contribution in [0.25, 0.3) is 0 Å². The van der Waals surface area contributed by atoms with Crippen molar-refractivity contribution in [1.29, 1.82) is 0 Å². The van der Waals surface area contributed by atoms with Crippen molar-refractivity contribution in [3.63, 3.8) is 0 Å². The molecule has 0 heterocycles. The molecular weight excluding hydrogens is 224 g/mol. The third kappa shape index (κ3) is 2.94. The standard InChI is InChI=1S/C15H17N2O/c1-12-4-8-14(9-5-12)16-17(18-3)15-10-6-13(2)7-11-15/h4-11H,1-3H3/q+1. The molecule has 2 aromatic rings. The van der Waals surface area contributed by atoms with E-state index in [1.54, 1.807) is 7.11 Å². The van der Waals surface area contributed by atoms with Crippen molar-refractivity contribution in [1.82, 2.24) is 0 Å². The Bertz CT molecular complexity index is 542. The highest BCUT2D eigenvalue weighted by atomic mass is 16.7. The topological polar surface area (TPSA) is 24.6 Å². The molecule has 0 saturated heterocycles. The summed E-state index contributed by atoms with van der Waals surface area (Å²) in [5, 5.41) is 4.43.